The largest absolute Gasteiger partial charge is 0.382 e. The van der Waals surface area contributed by atoms with Gasteiger partial charge < -0.3 is 10.6 Å². The van der Waals surface area contributed by atoms with Crippen molar-refractivity contribution in [3.63, 3.8) is 0 Å². The number of benzene rings is 1. The molecule has 2 saturated carbocycles. The third-order valence-electron chi connectivity index (χ3n) is 5.36. The molecule has 23 heavy (non-hydrogen) atoms. The molecule has 2 heteroatoms. The Bertz CT molecular complexity index is 557. The number of allylic oxidation sites excluding steroid dienone is 1. The van der Waals surface area contributed by atoms with Crippen LogP contribution in [0, 0.1) is 6.92 Å². The van der Waals surface area contributed by atoms with Gasteiger partial charge in [0.15, 0.2) is 0 Å². The first-order valence-electron chi connectivity index (χ1n) is 9.45. The molecule has 2 aliphatic rings. The lowest BCUT2D eigenvalue weighted by Crippen LogP contribution is -2.19. The van der Waals surface area contributed by atoms with Crippen LogP contribution in [-0.2, 0) is 0 Å². The topological polar surface area (TPSA) is 24.1 Å². The monoisotopic (exact) mass is 312 g/mol. The van der Waals surface area contributed by atoms with E-state index in [0.29, 0.717) is 12.1 Å². The van der Waals surface area contributed by atoms with E-state index in [-0.39, 0.29) is 0 Å². The fourth-order valence-corrected chi connectivity index (χ4v) is 4.08. The Balaban J connectivity index is 1.87. The van der Waals surface area contributed by atoms with Crippen molar-refractivity contribution in [2.75, 3.05) is 10.6 Å². The molecule has 126 valence electrons. The predicted molar refractivity (Wildman–Crippen MR) is 102 cm³/mol. The van der Waals surface area contributed by atoms with Gasteiger partial charge in [-0.05, 0) is 63.6 Å². The Labute approximate surface area is 141 Å². The number of hydrogen-bond donors (Lipinski definition) is 2. The molecule has 0 aromatic heterocycles. The molecular weight excluding hydrogens is 280 g/mol. The molecule has 0 amide bonds. The van der Waals surface area contributed by atoms with Gasteiger partial charge in [0.25, 0.3) is 0 Å². The zero-order valence-corrected chi connectivity index (χ0v) is 15.0. The summed E-state index contributed by atoms with van der Waals surface area (Å²) in [6, 6.07) is 5.89. The van der Waals surface area contributed by atoms with E-state index in [2.05, 4.69) is 49.6 Å². The van der Waals surface area contributed by atoms with Gasteiger partial charge in [-0.3, -0.25) is 0 Å². The Kier molecular flexibility index (Phi) is 5.30. The molecule has 0 aliphatic heterocycles. The average molecular weight is 313 g/mol. The molecule has 0 bridgehead atoms. The Morgan fingerprint density at radius 1 is 0.913 bits per heavy atom. The lowest BCUT2D eigenvalue weighted by molar-refractivity contribution is 0.749. The van der Waals surface area contributed by atoms with Gasteiger partial charge in [0, 0.05) is 23.5 Å². The van der Waals surface area contributed by atoms with Crippen LogP contribution in [0.15, 0.2) is 17.7 Å². The van der Waals surface area contributed by atoms with Crippen molar-refractivity contribution in [3.8, 4) is 0 Å². The van der Waals surface area contributed by atoms with Crippen LogP contribution >= 0.6 is 0 Å². The van der Waals surface area contributed by atoms with Crippen molar-refractivity contribution in [3.05, 3.63) is 28.8 Å². The minimum Gasteiger partial charge on any atom is -0.382 e. The summed E-state index contributed by atoms with van der Waals surface area (Å²) in [5.41, 5.74) is 6.75. The van der Waals surface area contributed by atoms with Crippen LogP contribution in [0.2, 0.25) is 0 Å². The first kappa shape index (κ1) is 16.4. The van der Waals surface area contributed by atoms with Crippen LogP contribution in [-0.4, -0.2) is 12.1 Å². The first-order chi connectivity index (χ1) is 11.1. The summed E-state index contributed by atoms with van der Waals surface area (Å²) in [4.78, 5) is 0. The Hall–Kier alpha value is -1.44. The molecule has 0 radical (unpaired) electrons. The summed E-state index contributed by atoms with van der Waals surface area (Å²) in [5.74, 6) is 0. The van der Waals surface area contributed by atoms with E-state index >= 15 is 0 Å². The van der Waals surface area contributed by atoms with Crippen molar-refractivity contribution >= 4 is 17.5 Å². The highest BCUT2D eigenvalue weighted by molar-refractivity contribution is 5.77. The summed E-state index contributed by atoms with van der Waals surface area (Å²) in [6.45, 7) is 6.63. The minimum absolute atomic E-state index is 0.653. The summed E-state index contributed by atoms with van der Waals surface area (Å²) >= 11 is 0. The summed E-state index contributed by atoms with van der Waals surface area (Å²) in [6.07, 6.45) is 13.1. The standard InChI is InChI=1S/C21H32N2/c1-15(2)14-17-12-13-20(22-18-8-4-5-9-18)16(3)21(17)23-19-10-6-7-11-19/h12-14,18-19,22-23H,4-11H2,1-3H3. The zero-order valence-electron chi connectivity index (χ0n) is 15.0. The normalized spacial score (nSPS) is 19.1. The smallest absolute Gasteiger partial charge is 0.0466 e. The zero-order chi connectivity index (χ0) is 16.2. The first-order valence-corrected chi connectivity index (χ1v) is 9.45. The van der Waals surface area contributed by atoms with Crippen molar-refractivity contribution < 1.29 is 0 Å². The Morgan fingerprint density at radius 3 is 2.04 bits per heavy atom. The quantitative estimate of drug-likeness (QED) is 0.683. The van der Waals surface area contributed by atoms with Crippen molar-refractivity contribution in [2.45, 2.75) is 84.2 Å². The molecule has 0 atom stereocenters. The highest BCUT2D eigenvalue weighted by Gasteiger charge is 2.20. The van der Waals surface area contributed by atoms with E-state index in [1.54, 1.807) is 0 Å². The summed E-state index contributed by atoms with van der Waals surface area (Å²) in [7, 11) is 0. The third-order valence-corrected chi connectivity index (χ3v) is 5.36. The highest BCUT2D eigenvalue weighted by Crippen LogP contribution is 2.34. The molecule has 1 aromatic carbocycles. The van der Waals surface area contributed by atoms with Crippen molar-refractivity contribution in [1.29, 1.82) is 0 Å². The molecule has 2 aliphatic carbocycles. The van der Waals surface area contributed by atoms with Crippen LogP contribution in [0.3, 0.4) is 0 Å². The van der Waals surface area contributed by atoms with E-state index in [1.165, 1.54) is 79.4 Å². The molecule has 2 nitrogen and oxygen atoms in total. The van der Waals surface area contributed by atoms with Gasteiger partial charge in [-0.2, -0.15) is 0 Å². The van der Waals surface area contributed by atoms with E-state index in [0.717, 1.165) is 0 Å². The molecule has 0 saturated heterocycles. The molecule has 1 aromatic rings. The van der Waals surface area contributed by atoms with Gasteiger partial charge >= 0.3 is 0 Å². The number of anilines is 2. The maximum absolute atomic E-state index is 3.86. The third kappa shape index (κ3) is 4.10. The molecular formula is C21H32N2. The second-order valence-electron chi connectivity index (χ2n) is 7.68. The maximum Gasteiger partial charge on any atom is 0.0466 e. The number of hydrogen-bond acceptors (Lipinski definition) is 2. The SMILES string of the molecule is CC(C)=Cc1ccc(NC2CCCC2)c(C)c1NC1CCCC1. The van der Waals surface area contributed by atoms with E-state index < -0.39 is 0 Å². The van der Waals surface area contributed by atoms with Crippen molar-refractivity contribution in [1.82, 2.24) is 0 Å². The predicted octanol–water partition coefficient (Wildman–Crippen LogP) is 6.13. The molecule has 0 unspecified atom stereocenters. The van der Waals surface area contributed by atoms with Crippen LogP contribution in [0.1, 0.15) is 76.3 Å². The summed E-state index contributed by atoms with van der Waals surface area (Å²) in [5, 5.41) is 7.66. The maximum atomic E-state index is 3.86. The summed E-state index contributed by atoms with van der Waals surface area (Å²) < 4.78 is 0. The number of nitrogens with one attached hydrogen (secondary N) is 2. The fourth-order valence-electron chi connectivity index (χ4n) is 4.08. The molecule has 0 spiro atoms. The molecule has 3 rings (SSSR count). The van der Waals surface area contributed by atoms with E-state index in [4.69, 9.17) is 0 Å². The molecule has 2 fully saturated rings. The fraction of sp³-hybridized carbons (Fsp3) is 0.619. The Morgan fingerprint density at radius 2 is 1.48 bits per heavy atom. The van der Waals surface area contributed by atoms with E-state index in [1.807, 2.05) is 0 Å². The van der Waals surface area contributed by atoms with Gasteiger partial charge in [-0.25, -0.2) is 0 Å². The van der Waals surface area contributed by atoms with E-state index in [9.17, 15) is 0 Å². The lowest BCUT2D eigenvalue weighted by Gasteiger charge is -2.23. The van der Waals surface area contributed by atoms with Gasteiger partial charge in [0.2, 0.25) is 0 Å². The second kappa shape index (κ2) is 7.42. The second-order valence-corrected chi connectivity index (χ2v) is 7.68. The molecule has 2 N–H and O–H groups in total. The van der Waals surface area contributed by atoms with Crippen molar-refractivity contribution in [2.24, 2.45) is 0 Å². The lowest BCUT2D eigenvalue weighted by atomic mass is 10.0. The number of rotatable bonds is 5. The van der Waals surface area contributed by atoms with Gasteiger partial charge in [0.05, 0.1) is 0 Å². The molecule has 0 heterocycles. The highest BCUT2D eigenvalue weighted by atomic mass is 15.0. The van der Waals surface area contributed by atoms with Crippen LogP contribution in [0.5, 0.6) is 0 Å². The van der Waals surface area contributed by atoms with Gasteiger partial charge in [-0.1, -0.05) is 43.4 Å². The van der Waals surface area contributed by atoms with Crippen LogP contribution in [0.25, 0.3) is 6.08 Å². The van der Waals surface area contributed by atoms with Crippen LogP contribution < -0.4 is 10.6 Å². The average Bonchev–Trinajstić information content (AvgIpc) is 3.19. The van der Waals surface area contributed by atoms with Crippen LogP contribution in [0.4, 0.5) is 11.4 Å². The van der Waals surface area contributed by atoms with Gasteiger partial charge in [0.1, 0.15) is 0 Å². The van der Waals surface area contributed by atoms with Gasteiger partial charge in [-0.15, -0.1) is 0 Å². The minimum atomic E-state index is 0.653.